The smallest absolute Gasteiger partial charge is 0.420 e. The highest BCUT2D eigenvalue weighted by molar-refractivity contribution is 6.31. The molecule has 0 bridgehead atoms. The molecule has 1 aliphatic heterocycles. The molecule has 1 saturated heterocycles. The van der Waals surface area contributed by atoms with Crippen LogP contribution in [0.5, 0.6) is 5.75 Å². The fourth-order valence-electron chi connectivity index (χ4n) is 4.56. The predicted octanol–water partition coefficient (Wildman–Crippen LogP) is 4.88. The van der Waals surface area contributed by atoms with E-state index in [1.165, 1.54) is 16.6 Å². The number of ether oxygens (including phenoxy) is 1. The standard InChI is InChI=1S/C23H24ClN3O3/c1-14-18-12-17(29-2)4-5-19(18)25-20(14)13-26-9-7-16(8-10-26)27-21-11-15(24)3-6-22(21)30-23(27)28/h3-6,11-12,16,25H,7-10,13H2,1-2H3. The van der Waals surface area contributed by atoms with Gasteiger partial charge in [0.15, 0.2) is 5.58 Å². The third-order valence-corrected chi connectivity index (χ3v) is 6.48. The predicted molar refractivity (Wildman–Crippen MR) is 119 cm³/mol. The molecule has 1 fully saturated rings. The van der Waals surface area contributed by atoms with Crippen LogP contribution in [0.15, 0.2) is 45.6 Å². The van der Waals surface area contributed by atoms with E-state index in [1.807, 2.05) is 12.1 Å². The SMILES string of the molecule is COc1ccc2[nH]c(CN3CCC(n4c(=O)oc5ccc(Cl)cc54)CC3)c(C)c2c1. The zero-order valence-corrected chi connectivity index (χ0v) is 17.8. The normalized spacial score (nSPS) is 16.0. The van der Waals surface area contributed by atoms with E-state index < -0.39 is 0 Å². The number of aromatic nitrogens is 2. The molecule has 156 valence electrons. The highest BCUT2D eigenvalue weighted by Gasteiger charge is 2.25. The number of oxazole rings is 1. The monoisotopic (exact) mass is 425 g/mol. The zero-order valence-electron chi connectivity index (χ0n) is 17.1. The Kier molecular flexibility index (Phi) is 4.83. The lowest BCUT2D eigenvalue weighted by atomic mass is 10.0. The number of fused-ring (bicyclic) bond motifs is 2. The third-order valence-electron chi connectivity index (χ3n) is 6.25. The summed E-state index contributed by atoms with van der Waals surface area (Å²) in [6.07, 6.45) is 1.79. The van der Waals surface area contributed by atoms with E-state index in [4.69, 9.17) is 20.8 Å². The zero-order chi connectivity index (χ0) is 20.8. The topological polar surface area (TPSA) is 63.4 Å². The number of likely N-dealkylation sites (tertiary alicyclic amines) is 1. The molecule has 30 heavy (non-hydrogen) atoms. The van der Waals surface area contributed by atoms with Crippen LogP contribution < -0.4 is 10.5 Å². The molecule has 0 atom stereocenters. The van der Waals surface area contributed by atoms with Crippen LogP contribution in [0.3, 0.4) is 0 Å². The molecular weight excluding hydrogens is 402 g/mol. The molecule has 0 spiro atoms. The lowest BCUT2D eigenvalue weighted by Gasteiger charge is -2.32. The second-order valence-corrected chi connectivity index (χ2v) is 8.43. The van der Waals surface area contributed by atoms with E-state index in [9.17, 15) is 4.79 Å². The largest absolute Gasteiger partial charge is 0.497 e. The maximum atomic E-state index is 12.4. The van der Waals surface area contributed by atoms with Crippen molar-refractivity contribution in [3.05, 3.63) is 63.2 Å². The minimum absolute atomic E-state index is 0.126. The number of nitrogens with one attached hydrogen (secondary N) is 1. The number of aryl methyl sites for hydroxylation is 1. The van der Waals surface area contributed by atoms with Crippen molar-refractivity contribution in [2.75, 3.05) is 20.2 Å². The number of hydrogen-bond acceptors (Lipinski definition) is 4. The Morgan fingerprint density at radius 1 is 1.20 bits per heavy atom. The first-order valence-corrected chi connectivity index (χ1v) is 10.6. The first-order valence-electron chi connectivity index (χ1n) is 10.2. The molecule has 3 heterocycles. The summed E-state index contributed by atoms with van der Waals surface area (Å²) < 4.78 is 12.6. The molecule has 1 aliphatic rings. The first kappa shape index (κ1) is 19.3. The van der Waals surface area contributed by atoms with Crippen molar-refractivity contribution in [1.29, 1.82) is 0 Å². The molecule has 2 aromatic heterocycles. The Morgan fingerprint density at radius 3 is 2.77 bits per heavy atom. The molecule has 7 heteroatoms. The van der Waals surface area contributed by atoms with Crippen molar-refractivity contribution >= 4 is 33.6 Å². The van der Waals surface area contributed by atoms with Crippen molar-refractivity contribution in [2.24, 2.45) is 0 Å². The van der Waals surface area contributed by atoms with Crippen molar-refractivity contribution in [3.8, 4) is 5.75 Å². The van der Waals surface area contributed by atoms with Gasteiger partial charge >= 0.3 is 5.76 Å². The quantitative estimate of drug-likeness (QED) is 0.506. The van der Waals surface area contributed by atoms with Gasteiger partial charge < -0.3 is 14.1 Å². The van der Waals surface area contributed by atoms with Gasteiger partial charge in [0.05, 0.1) is 12.6 Å². The van der Waals surface area contributed by atoms with Gasteiger partial charge in [-0.15, -0.1) is 0 Å². The van der Waals surface area contributed by atoms with Crippen LogP contribution >= 0.6 is 11.6 Å². The molecule has 0 amide bonds. The number of methoxy groups -OCH3 is 1. The van der Waals surface area contributed by atoms with Gasteiger partial charge in [-0.1, -0.05) is 11.6 Å². The van der Waals surface area contributed by atoms with Gasteiger partial charge in [0.1, 0.15) is 5.75 Å². The fourth-order valence-corrected chi connectivity index (χ4v) is 4.72. The summed E-state index contributed by atoms with van der Waals surface area (Å²) in [5.41, 5.74) is 5.00. The number of halogens is 1. The molecule has 0 unspecified atom stereocenters. The fraction of sp³-hybridized carbons (Fsp3) is 0.348. The second kappa shape index (κ2) is 7.52. The van der Waals surface area contributed by atoms with E-state index in [-0.39, 0.29) is 11.8 Å². The average Bonchev–Trinajstić information content (AvgIpc) is 3.24. The van der Waals surface area contributed by atoms with E-state index in [0.717, 1.165) is 49.3 Å². The van der Waals surface area contributed by atoms with E-state index in [2.05, 4.69) is 28.9 Å². The van der Waals surface area contributed by atoms with E-state index >= 15 is 0 Å². The van der Waals surface area contributed by atoms with Crippen LogP contribution in [0, 0.1) is 6.92 Å². The van der Waals surface area contributed by atoms with Gasteiger partial charge in [-0.2, -0.15) is 0 Å². The Labute approximate surface area is 179 Å². The minimum Gasteiger partial charge on any atom is -0.497 e. The second-order valence-electron chi connectivity index (χ2n) is 8.00. The van der Waals surface area contributed by atoms with Crippen molar-refractivity contribution in [1.82, 2.24) is 14.5 Å². The highest BCUT2D eigenvalue weighted by Crippen LogP contribution is 2.30. The van der Waals surface area contributed by atoms with Crippen LogP contribution in [0.1, 0.15) is 30.1 Å². The van der Waals surface area contributed by atoms with Crippen LogP contribution in [0.4, 0.5) is 0 Å². The Hall–Kier alpha value is -2.70. The summed E-state index contributed by atoms with van der Waals surface area (Å²) in [7, 11) is 1.69. The number of rotatable bonds is 4. The summed E-state index contributed by atoms with van der Waals surface area (Å²) >= 11 is 6.14. The average molecular weight is 426 g/mol. The maximum Gasteiger partial charge on any atom is 0.420 e. The number of piperidine rings is 1. The van der Waals surface area contributed by atoms with Gasteiger partial charge in [-0.25, -0.2) is 4.79 Å². The Balaban J connectivity index is 1.33. The number of hydrogen-bond donors (Lipinski definition) is 1. The van der Waals surface area contributed by atoms with Crippen LogP contribution in [0.25, 0.3) is 22.0 Å². The van der Waals surface area contributed by atoms with E-state index in [1.54, 1.807) is 23.8 Å². The van der Waals surface area contributed by atoms with Gasteiger partial charge in [0.2, 0.25) is 0 Å². The third kappa shape index (κ3) is 3.30. The Morgan fingerprint density at radius 2 is 2.00 bits per heavy atom. The lowest BCUT2D eigenvalue weighted by Crippen LogP contribution is -2.36. The summed E-state index contributed by atoms with van der Waals surface area (Å²) in [5.74, 6) is 0.570. The molecule has 1 N–H and O–H groups in total. The summed E-state index contributed by atoms with van der Waals surface area (Å²) in [6.45, 7) is 4.86. The van der Waals surface area contributed by atoms with Crippen molar-refractivity contribution in [3.63, 3.8) is 0 Å². The van der Waals surface area contributed by atoms with Crippen molar-refractivity contribution in [2.45, 2.75) is 32.4 Å². The van der Waals surface area contributed by atoms with E-state index in [0.29, 0.717) is 10.6 Å². The van der Waals surface area contributed by atoms with Gasteiger partial charge in [0, 0.05) is 47.3 Å². The maximum absolute atomic E-state index is 12.4. The van der Waals surface area contributed by atoms with Crippen LogP contribution in [-0.2, 0) is 6.54 Å². The number of nitrogens with zero attached hydrogens (tertiary/aromatic N) is 2. The number of H-pyrrole nitrogens is 1. The van der Waals surface area contributed by atoms with Crippen LogP contribution in [-0.4, -0.2) is 34.7 Å². The van der Waals surface area contributed by atoms with Gasteiger partial charge in [-0.05, 0) is 61.7 Å². The molecule has 0 radical (unpaired) electrons. The number of aromatic amines is 1. The highest BCUT2D eigenvalue weighted by atomic mass is 35.5. The van der Waals surface area contributed by atoms with Gasteiger partial charge in [0.25, 0.3) is 0 Å². The summed E-state index contributed by atoms with van der Waals surface area (Å²) in [5, 5.41) is 1.81. The van der Waals surface area contributed by atoms with Crippen LogP contribution in [0.2, 0.25) is 5.02 Å². The molecule has 4 aromatic rings. The van der Waals surface area contributed by atoms with Crippen molar-refractivity contribution < 1.29 is 9.15 Å². The molecular formula is C23H24ClN3O3. The molecule has 0 saturated carbocycles. The summed E-state index contributed by atoms with van der Waals surface area (Å²) in [6, 6.07) is 11.6. The molecule has 5 rings (SSSR count). The first-order chi connectivity index (χ1) is 14.5. The minimum atomic E-state index is -0.300. The van der Waals surface area contributed by atoms with Gasteiger partial charge in [-0.3, -0.25) is 9.47 Å². The molecule has 2 aromatic carbocycles. The number of benzene rings is 2. The summed E-state index contributed by atoms with van der Waals surface area (Å²) in [4.78, 5) is 18.4. The molecule has 0 aliphatic carbocycles. The lowest BCUT2D eigenvalue weighted by molar-refractivity contribution is 0.176. The molecule has 6 nitrogen and oxygen atoms in total. The Bertz CT molecular complexity index is 1280.